The fourth-order valence-corrected chi connectivity index (χ4v) is 2.42. The third-order valence-corrected chi connectivity index (χ3v) is 4.28. The van der Waals surface area contributed by atoms with Crippen LogP contribution >= 0.6 is 0 Å². The zero-order chi connectivity index (χ0) is 14.8. The van der Waals surface area contributed by atoms with Crippen LogP contribution in [0, 0.1) is 10.1 Å². The summed E-state index contributed by atoms with van der Waals surface area (Å²) in [5.41, 5.74) is -0.159. The van der Waals surface area contributed by atoms with Gasteiger partial charge in [-0.2, -0.15) is 0 Å². The Hall–Kier alpha value is -1.80. The molecule has 1 rings (SSSR count). The summed E-state index contributed by atoms with van der Waals surface area (Å²) in [4.78, 5) is 21.1. The van der Waals surface area contributed by atoms with Gasteiger partial charge >= 0.3 is 0 Å². The summed E-state index contributed by atoms with van der Waals surface area (Å²) in [7, 11) is -1.06. The van der Waals surface area contributed by atoms with Gasteiger partial charge in [-0.25, -0.2) is 12.7 Å². The molecule has 0 radical (unpaired) electrons. The lowest BCUT2D eigenvalue weighted by molar-refractivity contribution is -0.385. The summed E-state index contributed by atoms with van der Waals surface area (Å²) >= 11 is 0. The van der Waals surface area contributed by atoms with Crippen molar-refractivity contribution >= 4 is 21.5 Å². The smallest absolute Gasteiger partial charge is 0.274 e. The summed E-state index contributed by atoms with van der Waals surface area (Å²) in [6, 6.07) is 3.55. The molecule has 0 aliphatic carbocycles. The Labute approximate surface area is 111 Å². The third-order valence-electron chi connectivity index (χ3n) is 2.47. The number of carbonyl (C=O) groups excluding carboxylic acids is 1. The number of ketones is 1. The van der Waals surface area contributed by atoms with Crippen molar-refractivity contribution in [3.63, 3.8) is 0 Å². The second kappa shape index (κ2) is 5.45. The van der Waals surface area contributed by atoms with E-state index in [-0.39, 0.29) is 28.4 Å². The Kier molecular flexibility index (Phi) is 4.38. The summed E-state index contributed by atoms with van der Waals surface area (Å²) < 4.78 is 24.7. The van der Waals surface area contributed by atoms with Crippen LogP contribution in [0.3, 0.4) is 0 Å². The molecule has 104 valence electrons. The molecule has 7 nitrogen and oxygen atoms in total. The van der Waals surface area contributed by atoms with E-state index in [1.165, 1.54) is 33.2 Å². The molecule has 0 heterocycles. The maximum atomic E-state index is 11.9. The zero-order valence-corrected chi connectivity index (χ0v) is 11.6. The van der Waals surface area contributed by atoms with E-state index in [4.69, 9.17) is 0 Å². The van der Waals surface area contributed by atoms with Crippen LogP contribution in [0.4, 0.5) is 5.69 Å². The van der Waals surface area contributed by atoms with Gasteiger partial charge in [0, 0.05) is 32.1 Å². The van der Waals surface area contributed by atoms with Gasteiger partial charge in [0.1, 0.15) is 5.78 Å². The topological polar surface area (TPSA) is 97.6 Å². The molecule has 19 heavy (non-hydrogen) atoms. The lowest BCUT2D eigenvalue weighted by atomic mass is 10.1. The average molecular weight is 286 g/mol. The van der Waals surface area contributed by atoms with Crippen LogP contribution in [0.15, 0.2) is 23.1 Å². The molecule has 0 spiro atoms. The Balaban J connectivity index is 3.40. The van der Waals surface area contributed by atoms with Gasteiger partial charge in [0.25, 0.3) is 5.69 Å². The van der Waals surface area contributed by atoms with Gasteiger partial charge < -0.3 is 0 Å². The van der Waals surface area contributed by atoms with E-state index < -0.39 is 14.9 Å². The maximum Gasteiger partial charge on any atom is 0.274 e. The van der Waals surface area contributed by atoms with Crippen LogP contribution in [0.1, 0.15) is 12.5 Å². The van der Waals surface area contributed by atoms with Gasteiger partial charge in [0.2, 0.25) is 10.0 Å². The van der Waals surface area contributed by atoms with Crippen molar-refractivity contribution in [3.05, 3.63) is 33.9 Å². The van der Waals surface area contributed by atoms with Crippen molar-refractivity contribution in [1.82, 2.24) is 4.31 Å². The summed E-state index contributed by atoms with van der Waals surface area (Å²) in [6.07, 6.45) is -0.0986. The normalized spacial score (nSPS) is 11.6. The van der Waals surface area contributed by atoms with Crippen LogP contribution in [0.25, 0.3) is 0 Å². The minimum absolute atomic E-state index is 0.0986. The summed E-state index contributed by atoms with van der Waals surface area (Å²) in [6.45, 7) is 1.31. The fraction of sp³-hybridized carbons (Fsp3) is 0.364. The fourth-order valence-electron chi connectivity index (χ4n) is 1.50. The average Bonchev–Trinajstić information content (AvgIpc) is 2.27. The molecule has 0 bridgehead atoms. The molecule has 0 aliphatic rings. The van der Waals surface area contributed by atoms with Gasteiger partial charge in [0.15, 0.2) is 0 Å². The Morgan fingerprint density at radius 3 is 2.37 bits per heavy atom. The number of sulfonamides is 1. The molecule has 0 aliphatic heterocycles. The van der Waals surface area contributed by atoms with Gasteiger partial charge in [-0.15, -0.1) is 0 Å². The molecule has 0 amide bonds. The molecule has 0 aromatic heterocycles. The second-order valence-electron chi connectivity index (χ2n) is 4.21. The number of rotatable bonds is 5. The highest BCUT2D eigenvalue weighted by molar-refractivity contribution is 7.89. The summed E-state index contributed by atoms with van der Waals surface area (Å²) in [5, 5.41) is 10.9. The number of nitrogens with zero attached hydrogens (tertiary/aromatic N) is 2. The van der Waals surface area contributed by atoms with Gasteiger partial charge in [-0.3, -0.25) is 14.9 Å². The minimum Gasteiger partial charge on any atom is -0.300 e. The van der Waals surface area contributed by atoms with E-state index in [0.29, 0.717) is 0 Å². The Morgan fingerprint density at radius 2 is 1.95 bits per heavy atom. The molecule has 0 N–H and O–H groups in total. The van der Waals surface area contributed by atoms with E-state index >= 15 is 0 Å². The highest BCUT2D eigenvalue weighted by Crippen LogP contribution is 2.24. The molecular weight excluding hydrogens is 272 g/mol. The van der Waals surface area contributed by atoms with Crippen molar-refractivity contribution in [3.8, 4) is 0 Å². The number of nitro groups is 1. The monoisotopic (exact) mass is 286 g/mol. The van der Waals surface area contributed by atoms with Crippen molar-refractivity contribution in [2.24, 2.45) is 0 Å². The first kappa shape index (κ1) is 15.3. The number of nitro benzene ring substituents is 1. The van der Waals surface area contributed by atoms with Crippen molar-refractivity contribution < 1.29 is 18.1 Å². The van der Waals surface area contributed by atoms with Crippen LogP contribution in [-0.4, -0.2) is 37.5 Å². The SMILES string of the molecule is CC(=O)Cc1ccc(S(=O)(=O)N(C)C)cc1[N+](=O)[O-]. The first-order valence-corrected chi connectivity index (χ1v) is 6.79. The molecule has 0 saturated carbocycles. The molecular formula is C11H14N2O5S. The highest BCUT2D eigenvalue weighted by atomic mass is 32.2. The number of hydrogen-bond acceptors (Lipinski definition) is 5. The van der Waals surface area contributed by atoms with Gasteiger partial charge in [-0.1, -0.05) is 6.07 Å². The molecule has 0 atom stereocenters. The number of hydrogen-bond donors (Lipinski definition) is 0. The van der Waals surface area contributed by atoms with Crippen molar-refractivity contribution in [2.45, 2.75) is 18.2 Å². The highest BCUT2D eigenvalue weighted by Gasteiger charge is 2.23. The predicted octanol–water partition coefficient (Wildman–Crippen LogP) is 0.977. The molecule has 1 aromatic carbocycles. The first-order valence-electron chi connectivity index (χ1n) is 5.35. The van der Waals surface area contributed by atoms with Crippen molar-refractivity contribution in [2.75, 3.05) is 14.1 Å². The zero-order valence-electron chi connectivity index (χ0n) is 10.8. The molecule has 0 saturated heterocycles. The van der Waals surface area contributed by atoms with Gasteiger partial charge in [0.05, 0.1) is 9.82 Å². The Bertz CT molecular complexity index is 622. The van der Waals surface area contributed by atoms with E-state index in [1.807, 2.05) is 0 Å². The van der Waals surface area contributed by atoms with Crippen molar-refractivity contribution in [1.29, 1.82) is 0 Å². The quantitative estimate of drug-likeness (QED) is 0.593. The van der Waals surface area contributed by atoms with Crippen LogP contribution in [0.2, 0.25) is 0 Å². The first-order chi connectivity index (χ1) is 8.66. The van der Waals surface area contributed by atoms with Crippen LogP contribution in [-0.2, 0) is 21.2 Å². The number of benzene rings is 1. The largest absolute Gasteiger partial charge is 0.300 e. The van der Waals surface area contributed by atoms with E-state index in [1.54, 1.807) is 0 Å². The molecule has 8 heteroatoms. The molecule has 0 unspecified atom stereocenters. The lowest BCUT2D eigenvalue weighted by Crippen LogP contribution is -2.22. The van der Waals surface area contributed by atoms with Crippen LogP contribution in [0.5, 0.6) is 0 Å². The maximum absolute atomic E-state index is 11.9. The number of carbonyl (C=O) groups is 1. The van der Waals surface area contributed by atoms with Gasteiger partial charge in [-0.05, 0) is 13.0 Å². The standard InChI is InChI=1S/C11H14N2O5S/c1-8(14)6-9-4-5-10(7-11(9)13(15)16)19(17,18)12(2)3/h4-5,7H,6H2,1-3H3. The van der Waals surface area contributed by atoms with E-state index in [2.05, 4.69) is 0 Å². The third kappa shape index (κ3) is 3.36. The molecule has 0 fully saturated rings. The van der Waals surface area contributed by atoms with E-state index in [0.717, 1.165) is 10.4 Å². The minimum atomic E-state index is -3.73. The van der Waals surface area contributed by atoms with E-state index in [9.17, 15) is 23.3 Å². The number of Topliss-reactive ketones (excluding diaryl/α,β-unsaturated/α-hetero) is 1. The second-order valence-corrected chi connectivity index (χ2v) is 6.37. The lowest BCUT2D eigenvalue weighted by Gasteiger charge is -2.11. The summed E-state index contributed by atoms with van der Waals surface area (Å²) in [5.74, 6) is -0.230. The predicted molar refractivity (Wildman–Crippen MR) is 68.4 cm³/mol. The van der Waals surface area contributed by atoms with Crippen LogP contribution < -0.4 is 0 Å². The molecule has 1 aromatic rings. The Morgan fingerprint density at radius 1 is 1.37 bits per heavy atom.